The third kappa shape index (κ3) is 4.27. The van der Waals surface area contributed by atoms with E-state index in [2.05, 4.69) is 23.2 Å². The van der Waals surface area contributed by atoms with E-state index in [1.807, 2.05) is 18.2 Å². The van der Waals surface area contributed by atoms with Crippen molar-refractivity contribution >= 4 is 11.6 Å². The average molecular weight is 337 g/mol. The molecule has 2 atom stereocenters. The summed E-state index contributed by atoms with van der Waals surface area (Å²) in [4.78, 5) is 2.50. The van der Waals surface area contributed by atoms with Crippen molar-refractivity contribution in [2.75, 3.05) is 26.2 Å². The summed E-state index contributed by atoms with van der Waals surface area (Å²) in [6, 6.07) is 8.63. The van der Waals surface area contributed by atoms with E-state index < -0.39 is 5.60 Å². The molecule has 0 amide bonds. The molecule has 2 fully saturated rings. The quantitative estimate of drug-likeness (QED) is 0.884. The molecule has 1 aliphatic carbocycles. The molecule has 1 aromatic rings. The van der Waals surface area contributed by atoms with Gasteiger partial charge >= 0.3 is 0 Å². The Kier molecular flexibility index (Phi) is 5.63. The predicted molar refractivity (Wildman–Crippen MR) is 96.1 cm³/mol. The van der Waals surface area contributed by atoms with E-state index in [-0.39, 0.29) is 5.92 Å². The Morgan fingerprint density at radius 2 is 2.13 bits per heavy atom. The zero-order valence-corrected chi connectivity index (χ0v) is 14.9. The number of benzene rings is 1. The van der Waals surface area contributed by atoms with E-state index in [1.165, 1.54) is 12.0 Å². The minimum atomic E-state index is -0.586. The summed E-state index contributed by atoms with van der Waals surface area (Å²) in [7, 11) is 0. The van der Waals surface area contributed by atoms with Crippen LogP contribution in [-0.4, -0.2) is 47.8 Å². The summed E-state index contributed by atoms with van der Waals surface area (Å²) in [5.74, 6) is 0.145. The van der Waals surface area contributed by atoms with Crippen LogP contribution < -0.4 is 5.32 Å². The van der Waals surface area contributed by atoms with E-state index in [0.29, 0.717) is 6.04 Å². The lowest BCUT2D eigenvalue weighted by Gasteiger charge is -2.43. The predicted octanol–water partition coefficient (Wildman–Crippen LogP) is 3.41. The number of nitrogens with one attached hydrogen (secondary N) is 1. The van der Waals surface area contributed by atoms with Crippen LogP contribution >= 0.6 is 11.6 Å². The first kappa shape index (κ1) is 17.2. The van der Waals surface area contributed by atoms with Crippen molar-refractivity contribution in [3.8, 4) is 0 Å². The van der Waals surface area contributed by atoms with Crippen molar-refractivity contribution in [2.45, 2.75) is 56.6 Å². The highest BCUT2D eigenvalue weighted by atomic mass is 35.5. The number of hydrogen-bond acceptors (Lipinski definition) is 3. The van der Waals surface area contributed by atoms with Gasteiger partial charge in [-0.3, -0.25) is 4.90 Å². The summed E-state index contributed by atoms with van der Waals surface area (Å²) in [6.45, 7) is 6.28. The maximum absolute atomic E-state index is 11.4. The van der Waals surface area contributed by atoms with Gasteiger partial charge in [0.1, 0.15) is 0 Å². The molecule has 1 unspecified atom stereocenters. The third-order valence-electron chi connectivity index (χ3n) is 5.51. The maximum atomic E-state index is 11.4. The van der Waals surface area contributed by atoms with Gasteiger partial charge in [-0.2, -0.15) is 0 Å². The van der Waals surface area contributed by atoms with E-state index in [1.54, 1.807) is 0 Å². The second kappa shape index (κ2) is 7.52. The molecular formula is C19H29ClN2O. The van der Waals surface area contributed by atoms with E-state index in [0.717, 1.165) is 56.9 Å². The second-order valence-electron chi connectivity index (χ2n) is 7.39. The van der Waals surface area contributed by atoms with Gasteiger partial charge in [0.05, 0.1) is 5.60 Å². The lowest BCUT2D eigenvalue weighted by atomic mass is 9.72. The molecule has 4 heteroatoms. The Hall–Kier alpha value is -0.610. The number of aliphatic hydroxyl groups is 1. The van der Waals surface area contributed by atoms with Crippen molar-refractivity contribution < 1.29 is 5.11 Å². The lowest BCUT2D eigenvalue weighted by Crippen LogP contribution is -2.52. The topological polar surface area (TPSA) is 35.5 Å². The molecule has 0 bridgehead atoms. The van der Waals surface area contributed by atoms with E-state index >= 15 is 0 Å². The van der Waals surface area contributed by atoms with Crippen LogP contribution in [0.5, 0.6) is 0 Å². The summed E-state index contributed by atoms with van der Waals surface area (Å²) in [5.41, 5.74) is 0.602. The zero-order chi connectivity index (χ0) is 16.3. The first-order valence-electron chi connectivity index (χ1n) is 9.00. The van der Waals surface area contributed by atoms with Gasteiger partial charge in [-0.25, -0.2) is 0 Å². The number of halogens is 1. The van der Waals surface area contributed by atoms with Gasteiger partial charge in [0.2, 0.25) is 0 Å². The molecule has 0 aromatic heterocycles. The molecular weight excluding hydrogens is 308 g/mol. The number of hydrogen-bond donors (Lipinski definition) is 2. The van der Waals surface area contributed by atoms with Crippen molar-refractivity contribution in [1.29, 1.82) is 0 Å². The normalized spacial score (nSPS) is 26.8. The van der Waals surface area contributed by atoms with Crippen molar-refractivity contribution in [3.05, 3.63) is 34.9 Å². The third-order valence-corrected chi connectivity index (χ3v) is 5.75. The second-order valence-corrected chi connectivity index (χ2v) is 7.82. The highest BCUT2D eigenvalue weighted by molar-refractivity contribution is 6.30. The smallest absolute Gasteiger partial charge is 0.0728 e. The van der Waals surface area contributed by atoms with Crippen LogP contribution in [0.25, 0.3) is 0 Å². The molecule has 128 valence electrons. The van der Waals surface area contributed by atoms with Crippen LogP contribution in [-0.2, 0) is 0 Å². The van der Waals surface area contributed by atoms with Gasteiger partial charge in [0.25, 0.3) is 0 Å². The highest BCUT2D eigenvalue weighted by Crippen LogP contribution is 2.41. The van der Waals surface area contributed by atoms with Gasteiger partial charge in [-0.15, -0.1) is 0 Å². The van der Waals surface area contributed by atoms with E-state index in [9.17, 15) is 5.11 Å². The van der Waals surface area contributed by atoms with Crippen LogP contribution in [0.1, 0.15) is 50.5 Å². The fraction of sp³-hybridized carbons (Fsp3) is 0.684. The standard InChI is InChI=1S/C19H29ClN2O/c1-15-13-22(11-10-21-15)14-18(16-6-5-7-17(20)12-16)19(23)8-3-2-4-9-19/h5-7,12,15,18,21,23H,2-4,8-11,13-14H2,1H3/t15-,18?/m0/s1. The molecule has 23 heavy (non-hydrogen) atoms. The summed E-state index contributed by atoms with van der Waals surface area (Å²) >= 11 is 6.23. The minimum Gasteiger partial charge on any atom is -0.389 e. The SMILES string of the molecule is C[C@H]1CN(CC(c2cccc(Cl)c2)C2(O)CCCCC2)CCN1. The highest BCUT2D eigenvalue weighted by Gasteiger charge is 2.39. The van der Waals surface area contributed by atoms with Crippen molar-refractivity contribution in [3.63, 3.8) is 0 Å². The van der Waals surface area contributed by atoms with Gasteiger partial charge in [0, 0.05) is 43.2 Å². The summed E-state index contributed by atoms with van der Waals surface area (Å²) in [5, 5.41) is 15.6. The molecule has 1 saturated heterocycles. The van der Waals surface area contributed by atoms with Crippen molar-refractivity contribution in [2.24, 2.45) is 0 Å². The summed E-state index contributed by atoms with van der Waals surface area (Å²) in [6.07, 6.45) is 5.32. The van der Waals surface area contributed by atoms with Gasteiger partial charge in [-0.05, 0) is 37.5 Å². The van der Waals surface area contributed by atoms with Gasteiger partial charge < -0.3 is 10.4 Å². The molecule has 2 N–H and O–H groups in total. The minimum absolute atomic E-state index is 0.145. The van der Waals surface area contributed by atoms with Crippen LogP contribution in [0.15, 0.2) is 24.3 Å². The lowest BCUT2D eigenvalue weighted by molar-refractivity contribution is -0.0325. The number of rotatable bonds is 4. The fourth-order valence-corrected chi connectivity index (χ4v) is 4.46. The number of nitrogens with zero attached hydrogens (tertiary/aromatic N) is 1. The Morgan fingerprint density at radius 3 is 2.83 bits per heavy atom. The van der Waals surface area contributed by atoms with Crippen molar-refractivity contribution in [1.82, 2.24) is 10.2 Å². The zero-order valence-electron chi connectivity index (χ0n) is 14.1. The van der Waals surface area contributed by atoms with E-state index in [4.69, 9.17) is 11.6 Å². The molecule has 3 nitrogen and oxygen atoms in total. The Balaban J connectivity index is 1.83. The molecule has 1 saturated carbocycles. The Bertz CT molecular complexity index is 516. The first-order chi connectivity index (χ1) is 11.1. The van der Waals surface area contributed by atoms with Gasteiger partial charge in [-0.1, -0.05) is 43.0 Å². The summed E-state index contributed by atoms with van der Waals surface area (Å²) < 4.78 is 0. The maximum Gasteiger partial charge on any atom is 0.0728 e. The molecule has 1 heterocycles. The molecule has 0 spiro atoms. The first-order valence-corrected chi connectivity index (χ1v) is 9.38. The molecule has 1 aliphatic heterocycles. The van der Waals surface area contributed by atoms with Crippen LogP contribution in [0.4, 0.5) is 0 Å². The van der Waals surface area contributed by atoms with Crippen LogP contribution in [0.2, 0.25) is 5.02 Å². The molecule has 0 radical (unpaired) electrons. The largest absolute Gasteiger partial charge is 0.389 e. The molecule has 2 aliphatic rings. The monoisotopic (exact) mass is 336 g/mol. The number of piperazine rings is 1. The van der Waals surface area contributed by atoms with Crippen LogP contribution in [0.3, 0.4) is 0 Å². The van der Waals surface area contributed by atoms with Gasteiger partial charge in [0.15, 0.2) is 0 Å². The molecule has 1 aromatic carbocycles. The Labute approximate surface area is 145 Å². The fourth-order valence-electron chi connectivity index (χ4n) is 4.26. The molecule has 3 rings (SSSR count). The Morgan fingerprint density at radius 1 is 1.35 bits per heavy atom. The van der Waals surface area contributed by atoms with Crippen LogP contribution in [0, 0.1) is 0 Å². The average Bonchev–Trinajstić information content (AvgIpc) is 2.53.